The van der Waals surface area contributed by atoms with E-state index >= 15 is 0 Å². The minimum absolute atomic E-state index is 0.261. The van der Waals surface area contributed by atoms with Crippen molar-refractivity contribution in [3.8, 4) is 5.75 Å². The third-order valence-corrected chi connectivity index (χ3v) is 2.85. The SMILES string of the molecule is COc1cc(Br)c(Cl)cc1C(=O)Cl. The Morgan fingerprint density at radius 2 is 2.15 bits per heavy atom. The average molecular weight is 284 g/mol. The second-order valence-corrected chi connectivity index (χ2v) is 3.85. The van der Waals surface area contributed by atoms with E-state index in [1.165, 1.54) is 13.2 Å². The molecule has 70 valence electrons. The highest BCUT2D eigenvalue weighted by atomic mass is 79.9. The molecule has 0 spiro atoms. The van der Waals surface area contributed by atoms with E-state index in [2.05, 4.69) is 15.9 Å². The average Bonchev–Trinajstić information content (AvgIpc) is 2.08. The quantitative estimate of drug-likeness (QED) is 0.777. The Hall–Kier alpha value is -0.250. The number of benzene rings is 1. The van der Waals surface area contributed by atoms with Gasteiger partial charge in [0.2, 0.25) is 0 Å². The lowest BCUT2D eigenvalue weighted by Gasteiger charge is -2.06. The molecule has 0 atom stereocenters. The van der Waals surface area contributed by atoms with Crippen LogP contribution in [-0.4, -0.2) is 12.4 Å². The summed E-state index contributed by atoms with van der Waals surface area (Å²) in [5, 5.41) is -0.170. The van der Waals surface area contributed by atoms with Crippen molar-refractivity contribution >= 4 is 44.4 Å². The molecule has 0 aliphatic carbocycles. The monoisotopic (exact) mass is 282 g/mol. The van der Waals surface area contributed by atoms with Gasteiger partial charge in [0.15, 0.2) is 0 Å². The smallest absolute Gasteiger partial charge is 0.256 e. The first-order valence-corrected chi connectivity index (χ1v) is 4.84. The minimum atomic E-state index is -0.591. The van der Waals surface area contributed by atoms with E-state index in [0.717, 1.165) is 0 Å². The highest BCUT2D eigenvalue weighted by Gasteiger charge is 2.12. The van der Waals surface area contributed by atoms with Gasteiger partial charge in [-0.25, -0.2) is 0 Å². The van der Waals surface area contributed by atoms with Crippen molar-refractivity contribution in [1.29, 1.82) is 0 Å². The lowest BCUT2D eigenvalue weighted by molar-refractivity contribution is 0.107. The molecular formula is C8H5BrCl2O2. The Morgan fingerprint density at radius 3 is 2.62 bits per heavy atom. The molecule has 0 radical (unpaired) electrons. The number of halogens is 3. The fraction of sp³-hybridized carbons (Fsp3) is 0.125. The first-order valence-electron chi connectivity index (χ1n) is 3.29. The summed E-state index contributed by atoms with van der Waals surface area (Å²) in [5.41, 5.74) is 0.261. The molecule has 0 saturated heterocycles. The van der Waals surface area contributed by atoms with Gasteiger partial charge in [0.1, 0.15) is 5.75 Å². The van der Waals surface area contributed by atoms with Gasteiger partial charge in [0.25, 0.3) is 5.24 Å². The second kappa shape index (κ2) is 4.31. The normalized spacial score (nSPS) is 9.85. The zero-order valence-electron chi connectivity index (χ0n) is 6.61. The summed E-state index contributed by atoms with van der Waals surface area (Å²) in [6.45, 7) is 0. The molecule has 2 nitrogen and oxygen atoms in total. The van der Waals surface area contributed by atoms with Crippen molar-refractivity contribution in [3.05, 3.63) is 27.2 Å². The summed E-state index contributed by atoms with van der Waals surface area (Å²) in [4.78, 5) is 10.9. The van der Waals surface area contributed by atoms with Crippen molar-refractivity contribution in [3.63, 3.8) is 0 Å². The summed E-state index contributed by atoms with van der Waals surface area (Å²) >= 11 is 14.3. The van der Waals surface area contributed by atoms with Gasteiger partial charge in [-0.2, -0.15) is 0 Å². The molecule has 0 saturated carbocycles. The summed E-state index contributed by atoms with van der Waals surface area (Å²) in [7, 11) is 1.46. The van der Waals surface area contributed by atoms with Crippen LogP contribution in [0.4, 0.5) is 0 Å². The maximum Gasteiger partial charge on any atom is 0.256 e. The lowest BCUT2D eigenvalue weighted by atomic mass is 10.2. The van der Waals surface area contributed by atoms with Gasteiger partial charge in [0.05, 0.1) is 17.7 Å². The number of rotatable bonds is 2. The molecule has 0 unspecified atom stereocenters. The molecule has 1 aromatic rings. The summed E-state index contributed by atoms with van der Waals surface area (Å²) < 4.78 is 5.61. The van der Waals surface area contributed by atoms with Crippen molar-refractivity contribution in [2.45, 2.75) is 0 Å². The van der Waals surface area contributed by atoms with Crippen molar-refractivity contribution < 1.29 is 9.53 Å². The second-order valence-electron chi connectivity index (χ2n) is 2.24. The zero-order valence-corrected chi connectivity index (χ0v) is 9.70. The van der Waals surface area contributed by atoms with Crippen LogP contribution in [0, 0.1) is 0 Å². The largest absolute Gasteiger partial charge is 0.496 e. The van der Waals surface area contributed by atoms with E-state index in [1.807, 2.05) is 0 Å². The fourth-order valence-electron chi connectivity index (χ4n) is 0.851. The van der Waals surface area contributed by atoms with Crippen LogP contribution in [0.15, 0.2) is 16.6 Å². The van der Waals surface area contributed by atoms with Crippen LogP contribution in [0.25, 0.3) is 0 Å². The van der Waals surface area contributed by atoms with E-state index in [-0.39, 0.29) is 5.56 Å². The molecule has 0 N–H and O–H groups in total. The van der Waals surface area contributed by atoms with Gasteiger partial charge >= 0.3 is 0 Å². The van der Waals surface area contributed by atoms with Gasteiger partial charge in [-0.05, 0) is 39.7 Å². The van der Waals surface area contributed by atoms with Gasteiger partial charge in [0, 0.05) is 4.47 Å². The first kappa shape index (κ1) is 10.8. The predicted octanol–water partition coefficient (Wildman–Crippen LogP) is 3.49. The predicted molar refractivity (Wildman–Crippen MR) is 55.9 cm³/mol. The molecule has 13 heavy (non-hydrogen) atoms. The number of carbonyl (C=O) groups excluding carboxylic acids is 1. The molecule has 0 aliphatic rings. The Kier molecular flexibility index (Phi) is 3.59. The first-order chi connectivity index (χ1) is 6.06. The van der Waals surface area contributed by atoms with Gasteiger partial charge in [-0.15, -0.1) is 0 Å². The minimum Gasteiger partial charge on any atom is -0.496 e. The zero-order chi connectivity index (χ0) is 10.0. The number of carbonyl (C=O) groups is 1. The van der Waals surface area contributed by atoms with Crippen LogP contribution in [0.5, 0.6) is 5.75 Å². The van der Waals surface area contributed by atoms with Gasteiger partial charge in [-0.3, -0.25) is 4.79 Å². The number of methoxy groups -OCH3 is 1. The van der Waals surface area contributed by atoms with Crippen LogP contribution in [0.2, 0.25) is 5.02 Å². The summed E-state index contributed by atoms with van der Waals surface area (Å²) in [6, 6.07) is 3.05. The van der Waals surface area contributed by atoms with E-state index in [4.69, 9.17) is 27.9 Å². The molecule has 0 bridgehead atoms. The fourth-order valence-corrected chi connectivity index (χ4v) is 1.48. The maximum atomic E-state index is 10.9. The van der Waals surface area contributed by atoms with E-state index in [9.17, 15) is 4.79 Å². The highest BCUT2D eigenvalue weighted by molar-refractivity contribution is 9.10. The Balaban J connectivity index is 3.33. The van der Waals surface area contributed by atoms with E-state index in [1.54, 1.807) is 6.07 Å². The summed E-state index contributed by atoms with van der Waals surface area (Å²) in [6.07, 6.45) is 0. The number of ether oxygens (including phenoxy) is 1. The standard InChI is InChI=1S/C8H5BrCl2O2/c1-13-7-3-5(9)6(10)2-4(7)8(11)12/h2-3H,1H3. The van der Waals surface area contributed by atoms with Crippen molar-refractivity contribution in [1.82, 2.24) is 0 Å². The molecule has 1 aromatic carbocycles. The third-order valence-electron chi connectivity index (χ3n) is 1.45. The molecule has 0 aliphatic heterocycles. The van der Waals surface area contributed by atoms with E-state index in [0.29, 0.717) is 15.2 Å². The van der Waals surface area contributed by atoms with Crippen LogP contribution in [-0.2, 0) is 0 Å². The number of hydrogen-bond acceptors (Lipinski definition) is 2. The molecule has 0 aromatic heterocycles. The van der Waals surface area contributed by atoms with E-state index < -0.39 is 5.24 Å². The van der Waals surface area contributed by atoms with Gasteiger partial charge in [-0.1, -0.05) is 11.6 Å². The lowest BCUT2D eigenvalue weighted by Crippen LogP contribution is -1.95. The molecule has 0 amide bonds. The van der Waals surface area contributed by atoms with Crippen molar-refractivity contribution in [2.24, 2.45) is 0 Å². The molecular weight excluding hydrogens is 279 g/mol. The van der Waals surface area contributed by atoms with Crippen molar-refractivity contribution in [2.75, 3.05) is 7.11 Å². The third kappa shape index (κ3) is 2.36. The Bertz CT molecular complexity index is 352. The Morgan fingerprint density at radius 1 is 1.54 bits per heavy atom. The molecule has 0 fully saturated rings. The van der Waals surface area contributed by atoms with Crippen LogP contribution >= 0.6 is 39.1 Å². The number of hydrogen-bond donors (Lipinski definition) is 0. The summed E-state index contributed by atoms with van der Waals surface area (Å²) in [5.74, 6) is 0.399. The molecule has 1 rings (SSSR count). The van der Waals surface area contributed by atoms with Crippen LogP contribution in [0.1, 0.15) is 10.4 Å². The van der Waals surface area contributed by atoms with Crippen LogP contribution in [0.3, 0.4) is 0 Å². The van der Waals surface area contributed by atoms with Crippen LogP contribution < -0.4 is 4.74 Å². The topological polar surface area (TPSA) is 26.3 Å². The molecule has 5 heteroatoms. The molecule has 0 heterocycles. The van der Waals surface area contributed by atoms with Gasteiger partial charge < -0.3 is 4.74 Å². The Labute approximate surface area is 93.9 Å². The highest BCUT2D eigenvalue weighted by Crippen LogP contribution is 2.31. The maximum absolute atomic E-state index is 10.9.